The van der Waals surface area contributed by atoms with Crippen LogP contribution in [0.2, 0.25) is 0 Å². The lowest BCUT2D eigenvalue weighted by Crippen LogP contribution is -2.39. The smallest absolute Gasteiger partial charge is 0.227 e. The first-order valence-electron chi connectivity index (χ1n) is 10.0. The van der Waals surface area contributed by atoms with Crippen molar-refractivity contribution in [3.8, 4) is 5.75 Å². The molecule has 0 amide bonds. The predicted molar refractivity (Wildman–Crippen MR) is 115 cm³/mol. The topological polar surface area (TPSA) is 81.8 Å². The fourth-order valence-corrected chi connectivity index (χ4v) is 4.71. The Kier molecular flexibility index (Phi) is 5.71. The number of ether oxygens (including phenoxy) is 1. The van der Waals surface area contributed by atoms with E-state index in [-0.39, 0.29) is 17.1 Å². The average Bonchev–Trinajstić information content (AvgIpc) is 3.08. The number of hydrogen-bond donors (Lipinski definition) is 0. The van der Waals surface area contributed by atoms with Crippen molar-refractivity contribution >= 4 is 20.8 Å². The molecule has 0 atom stereocenters. The van der Waals surface area contributed by atoms with Crippen LogP contribution < -0.4 is 10.2 Å². The lowest BCUT2D eigenvalue weighted by atomic mass is 9.99. The number of rotatable bonds is 6. The van der Waals surface area contributed by atoms with Gasteiger partial charge in [-0.25, -0.2) is 12.7 Å². The first-order chi connectivity index (χ1) is 14.3. The second kappa shape index (κ2) is 8.28. The van der Waals surface area contributed by atoms with Crippen molar-refractivity contribution < 1.29 is 17.6 Å². The van der Waals surface area contributed by atoms with Crippen LogP contribution in [0.1, 0.15) is 24.2 Å². The molecule has 3 heterocycles. The minimum Gasteiger partial charge on any atom is -0.486 e. The van der Waals surface area contributed by atoms with Crippen molar-refractivity contribution in [2.24, 2.45) is 5.92 Å². The molecule has 160 valence electrons. The van der Waals surface area contributed by atoms with Crippen molar-refractivity contribution in [1.82, 2.24) is 8.87 Å². The molecular formula is C22H26N2O5S. The van der Waals surface area contributed by atoms with Gasteiger partial charge in [0.15, 0.2) is 0 Å². The molecule has 1 aliphatic heterocycles. The summed E-state index contributed by atoms with van der Waals surface area (Å²) < 4.78 is 38.0. The monoisotopic (exact) mass is 430 g/mol. The van der Waals surface area contributed by atoms with E-state index in [1.807, 2.05) is 17.0 Å². The highest BCUT2D eigenvalue weighted by Gasteiger charge is 2.25. The minimum atomic E-state index is -3.14. The molecule has 1 aliphatic rings. The summed E-state index contributed by atoms with van der Waals surface area (Å²) in [5.41, 5.74) is 0.993. The third-order valence-electron chi connectivity index (χ3n) is 5.56. The van der Waals surface area contributed by atoms with E-state index in [1.165, 1.54) is 28.5 Å². The summed E-state index contributed by atoms with van der Waals surface area (Å²) in [6.45, 7) is 3.89. The Balaban J connectivity index is 1.36. The average molecular weight is 431 g/mol. The standard InChI is InChI=1S/C22H26N2O5S/c1-16-3-4-18-11-23(12-19(18)9-16)13-20-10-21(25)22(15-28-20)29-14-17-5-7-24(8-6-17)30(2,26)27/h3-4,9-12,15,17H,5-8,13-14H2,1-2H3. The Labute approximate surface area is 175 Å². The van der Waals surface area contributed by atoms with Crippen LogP contribution in [0.25, 0.3) is 10.8 Å². The Bertz CT molecular complexity index is 1200. The maximum atomic E-state index is 12.4. The largest absolute Gasteiger partial charge is 0.486 e. The van der Waals surface area contributed by atoms with Gasteiger partial charge in [0.2, 0.25) is 21.2 Å². The maximum absolute atomic E-state index is 12.4. The Hall–Kier alpha value is -2.58. The second-order valence-electron chi connectivity index (χ2n) is 8.05. The number of hydrogen-bond acceptors (Lipinski definition) is 5. The van der Waals surface area contributed by atoms with Gasteiger partial charge in [-0.1, -0.05) is 17.7 Å². The summed E-state index contributed by atoms with van der Waals surface area (Å²) in [7, 11) is -3.14. The molecule has 2 aromatic heterocycles. The molecule has 1 aromatic carbocycles. The molecule has 8 heteroatoms. The van der Waals surface area contributed by atoms with E-state index in [2.05, 4.69) is 25.1 Å². The molecule has 4 rings (SSSR count). The fourth-order valence-electron chi connectivity index (χ4n) is 3.83. The Morgan fingerprint density at radius 2 is 1.87 bits per heavy atom. The first kappa shape index (κ1) is 20.7. The Morgan fingerprint density at radius 3 is 2.57 bits per heavy atom. The highest BCUT2D eigenvalue weighted by molar-refractivity contribution is 7.88. The summed E-state index contributed by atoms with van der Waals surface area (Å²) in [4.78, 5) is 12.4. The number of aryl methyl sites for hydroxylation is 1. The van der Waals surface area contributed by atoms with Crippen LogP contribution in [-0.2, 0) is 16.6 Å². The van der Waals surface area contributed by atoms with Gasteiger partial charge in [-0.3, -0.25) is 4.79 Å². The molecule has 3 aromatic rings. The molecule has 1 fully saturated rings. The van der Waals surface area contributed by atoms with E-state index in [1.54, 1.807) is 0 Å². The van der Waals surface area contributed by atoms with Gasteiger partial charge < -0.3 is 13.7 Å². The van der Waals surface area contributed by atoms with E-state index in [4.69, 9.17) is 9.15 Å². The van der Waals surface area contributed by atoms with E-state index in [0.717, 1.165) is 23.6 Å². The van der Waals surface area contributed by atoms with E-state index < -0.39 is 10.0 Å². The molecule has 30 heavy (non-hydrogen) atoms. The highest BCUT2D eigenvalue weighted by atomic mass is 32.2. The molecule has 0 unspecified atom stereocenters. The second-order valence-corrected chi connectivity index (χ2v) is 10.0. The molecule has 0 radical (unpaired) electrons. The number of nitrogens with zero attached hydrogens (tertiary/aromatic N) is 2. The molecule has 0 bridgehead atoms. The zero-order valence-electron chi connectivity index (χ0n) is 17.2. The maximum Gasteiger partial charge on any atom is 0.227 e. The van der Waals surface area contributed by atoms with Gasteiger partial charge in [-0.05, 0) is 42.5 Å². The number of piperidine rings is 1. The zero-order valence-corrected chi connectivity index (χ0v) is 18.0. The third-order valence-corrected chi connectivity index (χ3v) is 6.86. The van der Waals surface area contributed by atoms with Crippen molar-refractivity contribution in [3.63, 3.8) is 0 Å². The van der Waals surface area contributed by atoms with Crippen LogP contribution in [0.15, 0.2) is 52.1 Å². The minimum absolute atomic E-state index is 0.192. The lowest BCUT2D eigenvalue weighted by molar-refractivity contribution is 0.181. The molecular weight excluding hydrogens is 404 g/mol. The van der Waals surface area contributed by atoms with Crippen molar-refractivity contribution in [3.05, 3.63) is 64.5 Å². The van der Waals surface area contributed by atoms with Crippen molar-refractivity contribution in [1.29, 1.82) is 0 Å². The highest BCUT2D eigenvalue weighted by Crippen LogP contribution is 2.21. The fraction of sp³-hybridized carbons (Fsp3) is 0.409. The SMILES string of the molecule is Cc1ccc2cn(Cc3cc(=O)c(OCC4CCN(S(C)(=O)=O)CC4)co3)cc2c1. The first-order valence-corrected chi connectivity index (χ1v) is 11.9. The quantitative estimate of drug-likeness (QED) is 0.600. The number of aromatic nitrogens is 1. The predicted octanol–water partition coefficient (Wildman–Crippen LogP) is 3.00. The van der Waals surface area contributed by atoms with E-state index in [9.17, 15) is 13.2 Å². The lowest BCUT2D eigenvalue weighted by Gasteiger charge is -2.29. The number of sulfonamides is 1. The van der Waals surface area contributed by atoms with Gasteiger partial charge in [0.1, 0.15) is 12.0 Å². The summed E-state index contributed by atoms with van der Waals surface area (Å²) >= 11 is 0. The molecule has 0 spiro atoms. The molecule has 0 N–H and O–H groups in total. The van der Waals surface area contributed by atoms with Crippen LogP contribution >= 0.6 is 0 Å². The van der Waals surface area contributed by atoms with Crippen LogP contribution in [0.3, 0.4) is 0 Å². The summed E-state index contributed by atoms with van der Waals surface area (Å²) in [6, 6.07) is 7.75. The van der Waals surface area contributed by atoms with Crippen molar-refractivity contribution in [2.45, 2.75) is 26.3 Å². The van der Waals surface area contributed by atoms with Gasteiger partial charge in [-0.15, -0.1) is 0 Å². The van der Waals surface area contributed by atoms with Crippen LogP contribution in [0.4, 0.5) is 0 Å². The third kappa shape index (κ3) is 4.76. The molecule has 0 aliphatic carbocycles. The number of fused-ring (bicyclic) bond motifs is 1. The van der Waals surface area contributed by atoms with E-state index in [0.29, 0.717) is 32.0 Å². The molecule has 7 nitrogen and oxygen atoms in total. The summed E-state index contributed by atoms with van der Waals surface area (Å²) in [5.74, 6) is 0.973. The van der Waals surface area contributed by atoms with Crippen molar-refractivity contribution in [2.75, 3.05) is 26.0 Å². The molecule has 1 saturated heterocycles. The van der Waals surface area contributed by atoms with Gasteiger partial charge in [-0.2, -0.15) is 0 Å². The summed E-state index contributed by atoms with van der Waals surface area (Å²) in [5, 5.41) is 2.30. The van der Waals surface area contributed by atoms with Gasteiger partial charge in [0.25, 0.3) is 0 Å². The number of benzene rings is 1. The van der Waals surface area contributed by atoms with Gasteiger partial charge in [0.05, 0.1) is 19.4 Å². The van der Waals surface area contributed by atoms with E-state index >= 15 is 0 Å². The van der Waals surface area contributed by atoms with Crippen LogP contribution in [-0.4, -0.2) is 43.2 Å². The Morgan fingerprint density at radius 1 is 1.13 bits per heavy atom. The van der Waals surface area contributed by atoms with Gasteiger partial charge in [0, 0.05) is 31.5 Å². The van der Waals surface area contributed by atoms with Gasteiger partial charge >= 0.3 is 0 Å². The van der Waals surface area contributed by atoms with Crippen LogP contribution in [0.5, 0.6) is 5.75 Å². The van der Waals surface area contributed by atoms with Crippen LogP contribution in [0, 0.1) is 12.8 Å². The normalized spacial score (nSPS) is 16.2. The zero-order chi connectivity index (χ0) is 21.3. The molecule has 0 saturated carbocycles. The summed E-state index contributed by atoms with van der Waals surface area (Å²) in [6.07, 6.45) is 8.11.